The molecule has 0 saturated carbocycles. The van der Waals surface area contributed by atoms with E-state index in [1.54, 1.807) is 0 Å². The highest BCUT2D eigenvalue weighted by molar-refractivity contribution is 9.10. The van der Waals surface area contributed by atoms with Crippen LogP contribution in [0, 0.1) is 11.7 Å². The van der Waals surface area contributed by atoms with Gasteiger partial charge in [-0.05, 0) is 47.0 Å². The lowest BCUT2D eigenvalue weighted by Crippen LogP contribution is -2.44. The second-order valence-corrected chi connectivity index (χ2v) is 5.53. The van der Waals surface area contributed by atoms with Gasteiger partial charge in [0.1, 0.15) is 5.82 Å². The number of carbonyl (C=O) groups excluding carboxylic acids is 1. The van der Waals surface area contributed by atoms with E-state index in [-0.39, 0.29) is 12.6 Å². The van der Waals surface area contributed by atoms with Crippen LogP contribution in [0.4, 0.5) is 14.9 Å². The van der Waals surface area contributed by atoms with Crippen LogP contribution >= 0.6 is 15.9 Å². The number of rotatable bonds is 2. The van der Waals surface area contributed by atoms with Gasteiger partial charge in [-0.1, -0.05) is 0 Å². The fraction of sp³-hybridized carbons (Fsp3) is 0.385. The summed E-state index contributed by atoms with van der Waals surface area (Å²) in [6, 6.07) is 3.58. The van der Waals surface area contributed by atoms with Crippen molar-refractivity contribution in [3.05, 3.63) is 28.5 Å². The molecule has 0 radical (unpaired) electrons. The van der Waals surface area contributed by atoms with Gasteiger partial charge in [0.2, 0.25) is 0 Å². The Morgan fingerprint density at radius 2 is 2.20 bits per heavy atom. The molecule has 0 bridgehead atoms. The van der Waals surface area contributed by atoms with Crippen molar-refractivity contribution in [3.63, 3.8) is 0 Å². The summed E-state index contributed by atoms with van der Waals surface area (Å²) in [5.41, 5.74) is 0.453. The van der Waals surface area contributed by atoms with Crippen LogP contribution < -0.4 is 5.32 Å². The normalized spacial score (nSPS) is 18.7. The minimum absolute atomic E-state index is 0.194. The van der Waals surface area contributed by atoms with Crippen molar-refractivity contribution in [2.24, 2.45) is 5.92 Å². The van der Waals surface area contributed by atoms with E-state index in [0.29, 0.717) is 29.5 Å². The van der Waals surface area contributed by atoms with E-state index in [1.807, 2.05) is 0 Å². The molecule has 2 rings (SSSR count). The average molecular weight is 345 g/mol. The molecule has 2 N–H and O–H groups in total. The number of carbonyl (C=O) groups is 2. The summed E-state index contributed by atoms with van der Waals surface area (Å²) < 4.78 is 13.4. The lowest BCUT2D eigenvalue weighted by molar-refractivity contribution is -0.143. The number of aliphatic carboxylic acids is 1. The Morgan fingerprint density at radius 1 is 1.45 bits per heavy atom. The Kier molecular flexibility index (Phi) is 4.59. The van der Waals surface area contributed by atoms with Crippen LogP contribution in [-0.2, 0) is 4.79 Å². The fourth-order valence-electron chi connectivity index (χ4n) is 2.15. The van der Waals surface area contributed by atoms with Gasteiger partial charge < -0.3 is 15.3 Å². The SMILES string of the molecule is O=C(O)[C@@H]1CCCN(C(=O)Nc2ccc(F)cc2Br)C1. The second kappa shape index (κ2) is 6.21. The van der Waals surface area contributed by atoms with E-state index in [2.05, 4.69) is 21.2 Å². The maximum absolute atomic E-state index is 13.0. The molecule has 0 aliphatic carbocycles. The topological polar surface area (TPSA) is 69.6 Å². The summed E-state index contributed by atoms with van der Waals surface area (Å²) in [5, 5.41) is 11.6. The van der Waals surface area contributed by atoms with Crippen molar-refractivity contribution in [1.82, 2.24) is 4.90 Å². The van der Waals surface area contributed by atoms with Gasteiger partial charge in [-0.3, -0.25) is 4.79 Å². The Morgan fingerprint density at radius 3 is 2.85 bits per heavy atom. The van der Waals surface area contributed by atoms with Crippen LogP contribution in [0.2, 0.25) is 0 Å². The first-order chi connectivity index (χ1) is 9.47. The number of carboxylic acid groups (broad SMARTS) is 1. The van der Waals surface area contributed by atoms with Crippen molar-refractivity contribution in [2.75, 3.05) is 18.4 Å². The predicted molar refractivity (Wildman–Crippen MR) is 75.1 cm³/mol. The first-order valence-corrected chi connectivity index (χ1v) is 7.00. The van der Waals surface area contributed by atoms with Crippen LogP contribution in [0.25, 0.3) is 0 Å². The van der Waals surface area contributed by atoms with Crippen molar-refractivity contribution < 1.29 is 19.1 Å². The predicted octanol–water partition coefficient (Wildman–Crippen LogP) is 2.92. The summed E-state index contributed by atoms with van der Waals surface area (Å²) in [4.78, 5) is 24.5. The molecular weight excluding hydrogens is 331 g/mol. The molecule has 0 unspecified atom stereocenters. The Hall–Kier alpha value is -1.63. The molecule has 1 aliphatic heterocycles. The molecule has 0 aromatic heterocycles. The average Bonchev–Trinajstić information content (AvgIpc) is 2.42. The van der Waals surface area contributed by atoms with E-state index in [1.165, 1.54) is 23.1 Å². The van der Waals surface area contributed by atoms with Crippen LogP contribution in [-0.4, -0.2) is 35.1 Å². The molecule has 1 aliphatic rings. The van der Waals surface area contributed by atoms with Crippen molar-refractivity contribution >= 4 is 33.6 Å². The van der Waals surface area contributed by atoms with Crippen molar-refractivity contribution in [3.8, 4) is 0 Å². The number of amides is 2. The maximum atomic E-state index is 13.0. The standard InChI is InChI=1S/C13H14BrFN2O3/c14-10-6-9(15)3-4-11(10)16-13(20)17-5-1-2-8(7-17)12(18)19/h3-4,6,8H,1-2,5,7H2,(H,16,20)(H,18,19)/t8-/m1/s1. The molecule has 1 fully saturated rings. The Labute approximate surface area is 123 Å². The third-order valence-electron chi connectivity index (χ3n) is 3.23. The largest absolute Gasteiger partial charge is 0.481 e. The zero-order valence-electron chi connectivity index (χ0n) is 10.6. The lowest BCUT2D eigenvalue weighted by Gasteiger charge is -2.30. The Bertz CT molecular complexity index is 538. The first-order valence-electron chi connectivity index (χ1n) is 6.21. The van der Waals surface area contributed by atoms with Gasteiger partial charge in [0.25, 0.3) is 0 Å². The van der Waals surface area contributed by atoms with Gasteiger partial charge in [0.05, 0.1) is 11.6 Å². The number of halogens is 2. The minimum Gasteiger partial charge on any atom is -0.481 e. The molecule has 0 spiro atoms. The number of hydrogen-bond acceptors (Lipinski definition) is 2. The van der Waals surface area contributed by atoms with E-state index < -0.39 is 17.7 Å². The lowest BCUT2D eigenvalue weighted by atomic mass is 9.99. The number of anilines is 1. The van der Waals surface area contributed by atoms with Gasteiger partial charge in [0, 0.05) is 17.6 Å². The van der Waals surface area contributed by atoms with Crippen LogP contribution in [0.1, 0.15) is 12.8 Å². The van der Waals surface area contributed by atoms with E-state index in [9.17, 15) is 14.0 Å². The molecular formula is C13H14BrFN2O3. The highest BCUT2D eigenvalue weighted by Gasteiger charge is 2.28. The first kappa shape index (κ1) is 14.8. The number of urea groups is 1. The zero-order chi connectivity index (χ0) is 14.7. The summed E-state index contributed by atoms with van der Waals surface area (Å²) in [5.74, 6) is -1.81. The molecule has 1 saturated heterocycles. The number of likely N-dealkylation sites (tertiary alicyclic amines) is 1. The molecule has 5 nitrogen and oxygen atoms in total. The molecule has 20 heavy (non-hydrogen) atoms. The number of nitrogens with one attached hydrogen (secondary N) is 1. The number of carboxylic acids is 1. The Balaban J connectivity index is 2.02. The van der Waals surface area contributed by atoms with Gasteiger partial charge in [-0.15, -0.1) is 0 Å². The maximum Gasteiger partial charge on any atom is 0.321 e. The fourth-order valence-corrected chi connectivity index (χ4v) is 2.60. The third kappa shape index (κ3) is 3.47. The monoisotopic (exact) mass is 344 g/mol. The van der Waals surface area contributed by atoms with Crippen molar-refractivity contribution in [2.45, 2.75) is 12.8 Å². The summed E-state index contributed by atoms with van der Waals surface area (Å²) in [6.07, 6.45) is 1.24. The van der Waals surface area contributed by atoms with Crippen molar-refractivity contribution in [1.29, 1.82) is 0 Å². The van der Waals surface area contributed by atoms with Crippen LogP contribution in [0.15, 0.2) is 22.7 Å². The molecule has 1 aromatic rings. The molecule has 2 amide bonds. The smallest absolute Gasteiger partial charge is 0.321 e. The zero-order valence-corrected chi connectivity index (χ0v) is 12.2. The molecule has 7 heteroatoms. The third-order valence-corrected chi connectivity index (χ3v) is 3.89. The minimum atomic E-state index is -0.884. The van der Waals surface area contributed by atoms with E-state index in [0.717, 1.165) is 0 Å². The molecule has 1 atom stereocenters. The van der Waals surface area contributed by atoms with Gasteiger partial charge in [0.15, 0.2) is 0 Å². The number of nitrogens with zero attached hydrogens (tertiary/aromatic N) is 1. The summed E-state index contributed by atoms with van der Waals surface area (Å²) in [7, 11) is 0. The quantitative estimate of drug-likeness (QED) is 0.866. The van der Waals surface area contributed by atoms with E-state index in [4.69, 9.17) is 5.11 Å². The summed E-state index contributed by atoms with van der Waals surface area (Å²) >= 11 is 3.17. The molecule has 1 heterocycles. The highest BCUT2D eigenvalue weighted by atomic mass is 79.9. The van der Waals surface area contributed by atoms with Gasteiger partial charge in [-0.2, -0.15) is 0 Å². The summed E-state index contributed by atoms with van der Waals surface area (Å²) in [6.45, 7) is 0.717. The number of hydrogen-bond donors (Lipinski definition) is 2. The second-order valence-electron chi connectivity index (χ2n) is 4.68. The van der Waals surface area contributed by atoms with Crippen LogP contribution in [0.3, 0.4) is 0 Å². The van der Waals surface area contributed by atoms with Gasteiger partial charge in [-0.25, -0.2) is 9.18 Å². The van der Waals surface area contributed by atoms with Crippen LogP contribution in [0.5, 0.6) is 0 Å². The number of benzene rings is 1. The van der Waals surface area contributed by atoms with Gasteiger partial charge >= 0.3 is 12.0 Å². The molecule has 1 aromatic carbocycles. The number of piperidine rings is 1. The van der Waals surface area contributed by atoms with E-state index >= 15 is 0 Å². The highest BCUT2D eigenvalue weighted by Crippen LogP contribution is 2.24. The molecule has 108 valence electrons.